The van der Waals surface area contributed by atoms with Crippen LogP contribution in [0, 0.1) is 11.6 Å². The Hall–Kier alpha value is -0.450. The second-order valence-electron chi connectivity index (χ2n) is 3.67. The van der Waals surface area contributed by atoms with Gasteiger partial charge in [-0.3, -0.25) is 0 Å². The van der Waals surface area contributed by atoms with E-state index in [4.69, 9.17) is 11.6 Å². The highest BCUT2D eigenvalue weighted by atomic mass is 79.9. The highest BCUT2D eigenvalue weighted by Gasteiger charge is 2.19. The normalized spacial score (nSPS) is 12.5. The third-order valence-corrected chi connectivity index (χ3v) is 4.17. The Kier molecular flexibility index (Phi) is 4.41. The largest absolute Gasteiger partial charge is 0.204 e. The van der Waals surface area contributed by atoms with E-state index in [-0.39, 0.29) is 5.56 Å². The van der Waals surface area contributed by atoms with E-state index in [2.05, 4.69) is 31.9 Å². The van der Waals surface area contributed by atoms with Crippen molar-refractivity contribution in [3.63, 3.8) is 0 Å². The summed E-state index contributed by atoms with van der Waals surface area (Å²) in [7, 11) is 0. The van der Waals surface area contributed by atoms with Gasteiger partial charge in [0, 0.05) is 14.5 Å². The van der Waals surface area contributed by atoms with Gasteiger partial charge in [-0.1, -0.05) is 44.0 Å². The Morgan fingerprint density at radius 1 is 1.00 bits per heavy atom. The molecular weight excluding hydrogens is 389 g/mol. The van der Waals surface area contributed by atoms with Gasteiger partial charge in [0.05, 0.1) is 5.38 Å². The molecule has 94 valence electrons. The van der Waals surface area contributed by atoms with E-state index in [1.165, 1.54) is 12.1 Å². The maximum Gasteiger partial charge on any atom is 0.163 e. The molecule has 0 amide bonds. The van der Waals surface area contributed by atoms with Gasteiger partial charge >= 0.3 is 0 Å². The molecule has 0 N–H and O–H groups in total. The predicted octanol–water partition coefficient (Wildman–Crippen LogP) is 5.82. The van der Waals surface area contributed by atoms with E-state index >= 15 is 0 Å². The first-order chi connectivity index (χ1) is 8.50. The van der Waals surface area contributed by atoms with Crippen molar-refractivity contribution in [3.8, 4) is 0 Å². The fourth-order valence-electron chi connectivity index (χ4n) is 1.59. The Morgan fingerprint density at radius 2 is 1.72 bits per heavy atom. The first-order valence-electron chi connectivity index (χ1n) is 5.03. The molecule has 18 heavy (non-hydrogen) atoms. The molecule has 0 fully saturated rings. The summed E-state index contributed by atoms with van der Waals surface area (Å²) in [5.74, 6) is -1.81. The molecule has 1 atom stereocenters. The van der Waals surface area contributed by atoms with Crippen LogP contribution in [0.1, 0.15) is 16.5 Å². The maximum atomic E-state index is 13.7. The van der Waals surface area contributed by atoms with E-state index in [9.17, 15) is 8.78 Å². The summed E-state index contributed by atoms with van der Waals surface area (Å²) in [5, 5.41) is -0.757. The number of halogens is 5. The number of hydrogen-bond donors (Lipinski definition) is 0. The molecule has 0 aliphatic carbocycles. The van der Waals surface area contributed by atoms with Gasteiger partial charge < -0.3 is 0 Å². The smallest absolute Gasteiger partial charge is 0.163 e. The molecule has 1 unspecified atom stereocenters. The monoisotopic (exact) mass is 394 g/mol. The zero-order valence-electron chi connectivity index (χ0n) is 8.93. The van der Waals surface area contributed by atoms with E-state index in [0.29, 0.717) is 5.56 Å². The van der Waals surface area contributed by atoms with Gasteiger partial charge in [0.2, 0.25) is 0 Å². The van der Waals surface area contributed by atoms with Crippen molar-refractivity contribution in [1.29, 1.82) is 0 Å². The van der Waals surface area contributed by atoms with E-state index in [0.717, 1.165) is 15.0 Å². The molecule has 0 heterocycles. The first kappa shape index (κ1) is 14.0. The summed E-state index contributed by atoms with van der Waals surface area (Å²) in [6.45, 7) is 0. The van der Waals surface area contributed by atoms with Gasteiger partial charge in [0.25, 0.3) is 0 Å². The average molecular weight is 396 g/mol. The van der Waals surface area contributed by atoms with Crippen LogP contribution in [0.4, 0.5) is 8.78 Å². The van der Waals surface area contributed by atoms with Crippen LogP contribution in [0.3, 0.4) is 0 Å². The minimum absolute atomic E-state index is 0.121. The van der Waals surface area contributed by atoms with Crippen LogP contribution < -0.4 is 0 Å². The molecular formula is C13H7Br2ClF2. The van der Waals surface area contributed by atoms with Crippen LogP contribution >= 0.6 is 43.5 Å². The molecule has 0 aliphatic heterocycles. The van der Waals surface area contributed by atoms with Crippen molar-refractivity contribution in [2.75, 3.05) is 0 Å². The standard InChI is InChI=1S/C13H7Br2ClF2/c14-7-4-5-10(15)9(6-7)12(16)8-2-1-3-11(17)13(8)18/h1-6,12H. The summed E-state index contributed by atoms with van der Waals surface area (Å²) >= 11 is 12.9. The van der Waals surface area contributed by atoms with Crippen molar-refractivity contribution in [1.82, 2.24) is 0 Å². The lowest BCUT2D eigenvalue weighted by Gasteiger charge is -2.14. The first-order valence-corrected chi connectivity index (χ1v) is 7.06. The van der Waals surface area contributed by atoms with Gasteiger partial charge in [0.1, 0.15) is 0 Å². The summed E-state index contributed by atoms with van der Waals surface area (Å²) < 4.78 is 28.4. The molecule has 0 bridgehead atoms. The molecule has 2 rings (SSSR count). The summed E-state index contributed by atoms with van der Waals surface area (Å²) in [4.78, 5) is 0. The SMILES string of the molecule is Fc1cccc(C(Cl)c2cc(Br)ccc2Br)c1F. The zero-order valence-corrected chi connectivity index (χ0v) is 12.9. The molecule has 0 aromatic heterocycles. The van der Waals surface area contributed by atoms with Gasteiger partial charge in [-0.05, 0) is 29.8 Å². The quantitative estimate of drug-likeness (QED) is 0.561. The van der Waals surface area contributed by atoms with Gasteiger partial charge in [0.15, 0.2) is 11.6 Å². The van der Waals surface area contributed by atoms with Crippen LogP contribution in [-0.2, 0) is 0 Å². The van der Waals surface area contributed by atoms with E-state index in [1.54, 1.807) is 12.1 Å². The van der Waals surface area contributed by atoms with Crippen LogP contribution in [0.15, 0.2) is 45.3 Å². The third kappa shape index (κ3) is 2.76. The fraction of sp³-hybridized carbons (Fsp3) is 0.0769. The van der Waals surface area contributed by atoms with Crippen molar-refractivity contribution >= 4 is 43.5 Å². The lowest BCUT2D eigenvalue weighted by Crippen LogP contribution is -2.00. The molecule has 0 nitrogen and oxygen atoms in total. The second-order valence-corrected chi connectivity index (χ2v) is 5.88. The minimum atomic E-state index is -0.913. The highest BCUT2D eigenvalue weighted by Crippen LogP contribution is 2.36. The van der Waals surface area contributed by atoms with Gasteiger partial charge in [-0.2, -0.15) is 0 Å². The summed E-state index contributed by atoms with van der Waals surface area (Å²) in [6, 6.07) is 9.38. The number of alkyl halides is 1. The van der Waals surface area contributed by atoms with Crippen LogP contribution in [0.2, 0.25) is 0 Å². The highest BCUT2D eigenvalue weighted by molar-refractivity contribution is 9.11. The Morgan fingerprint density at radius 3 is 2.44 bits per heavy atom. The van der Waals surface area contributed by atoms with Crippen LogP contribution in [0.25, 0.3) is 0 Å². The minimum Gasteiger partial charge on any atom is -0.204 e. The summed E-state index contributed by atoms with van der Waals surface area (Å²) in [5.41, 5.74) is 0.797. The lowest BCUT2D eigenvalue weighted by atomic mass is 10.0. The molecule has 2 aromatic rings. The molecule has 0 saturated heterocycles. The topological polar surface area (TPSA) is 0 Å². The maximum absolute atomic E-state index is 13.7. The lowest BCUT2D eigenvalue weighted by molar-refractivity contribution is 0.500. The molecule has 0 saturated carbocycles. The molecule has 0 aliphatic rings. The zero-order chi connectivity index (χ0) is 13.3. The number of benzene rings is 2. The van der Waals surface area contributed by atoms with Crippen molar-refractivity contribution in [2.45, 2.75) is 5.38 Å². The third-order valence-electron chi connectivity index (χ3n) is 2.49. The molecule has 0 radical (unpaired) electrons. The predicted molar refractivity (Wildman–Crippen MR) is 75.9 cm³/mol. The van der Waals surface area contributed by atoms with Crippen molar-refractivity contribution in [2.24, 2.45) is 0 Å². The summed E-state index contributed by atoms with van der Waals surface area (Å²) in [6.07, 6.45) is 0. The van der Waals surface area contributed by atoms with E-state index < -0.39 is 17.0 Å². The van der Waals surface area contributed by atoms with Crippen molar-refractivity contribution in [3.05, 3.63) is 68.1 Å². The van der Waals surface area contributed by atoms with Gasteiger partial charge in [-0.15, -0.1) is 11.6 Å². The van der Waals surface area contributed by atoms with Gasteiger partial charge in [-0.25, -0.2) is 8.78 Å². The van der Waals surface area contributed by atoms with Crippen molar-refractivity contribution < 1.29 is 8.78 Å². The van der Waals surface area contributed by atoms with E-state index in [1.807, 2.05) is 6.07 Å². The van der Waals surface area contributed by atoms with Crippen LogP contribution in [-0.4, -0.2) is 0 Å². The Bertz CT molecular complexity index is 585. The molecule has 0 spiro atoms. The fourth-order valence-corrected chi connectivity index (χ4v) is 2.93. The Balaban J connectivity index is 2.51. The van der Waals surface area contributed by atoms with Crippen LogP contribution in [0.5, 0.6) is 0 Å². The number of hydrogen-bond acceptors (Lipinski definition) is 0. The molecule has 2 aromatic carbocycles. The molecule has 5 heteroatoms. The average Bonchev–Trinajstić information content (AvgIpc) is 2.35. The Labute approximate surface area is 125 Å². The second kappa shape index (κ2) is 5.68. The number of rotatable bonds is 2.